The Morgan fingerprint density at radius 3 is 2.60 bits per heavy atom. The Hall–Kier alpha value is -2.67. The lowest BCUT2D eigenvalue weighted by atomic mass is 10.1. The number of hydrogen-bond donors (Lipinski definition) is 2. The number of carbonyl (C=O) groups excluding carboxylic acids is 1. The van der Waals surface area contributed by atoms with Gasteiger partial charge in [0, 0.05) is 5.69 Å². The SMILES string of the molecule is Cc1cccc(C)c1NC(=O)CSc1n[nH]c(-c2ccccc2F)n1. The minimum atomic E-state index is -0.372. The quantitative estimate of drug-likeness (QED) is 0.679. The second-order valence-electron chi connectivity index (χ2n) is 5.55. The Morgan fingerprint density at radius 1 is 1.16 bits per heavy atom. The first-order valence-electron chi connectivity index (χ1n) is 7.71. The summed E-state index contributed by atoms with van der Waals surface area (Å²) in [6.07, 6.45) is 0. The molecule has 2 aromatic carbocycles. The molecule has 1 amide bonds. The summed E-state index contributed by atoms with van der Waals surface area (Å²) in [4.78, 5) is 16.4. The molecule has 0 fully saturated rings. The van der Waals surface area contributed by atoms with Gasteiger partial charge in [0.1, 0.15) is 5.82 Å². The van der Waals surface area contributed by atoms with Gasteiger partial charge in [-0.25, -0.2) is 9.37 Å². The van der Waals surface area contributed by atoms with E-state index in [0.717, 1.165) is 16.8 Å². The van der Waals surface area contributed by atoms with Gasteiger partial charge in [0.2, 0.25) is 11.1 Å². The van der Waals surface area contributed by atoms with Crippen molar-refractivity contribution in [1.82, 2.24) is 15.2 Å². The van der Waals surface area contributed by atoms with Gasteiger partial charge < -0.3 is 5.32 Å². The predicted octanol–water partition coefficient (Wildman–Crippen LogP) is 3.96. The monoisotopic (exact) mass is 356 g/mol. The van der Waals surface area contributed by atoms with Crippen LogP contribution >= 0.6 is 11.8 Å². The van der Waals surface area contributed by atoms with E-state index in [2.05, 4.69) is 20.5 Å². The molecule has 5 nitrogen and oxygen atoms in total. The van der Waals surface area contributed by atoms with E-state index in [1.807, 2.05) is 32.0 Å². The zero-order valence-corrected chi connectivity index (χ0v) is 14.7. The molecule has 0 saturated heterocycles. The zero-order chi connectivity index (χ0) is 17.8. The highest BCUT2D eigenvalue weighted by Gasteiger charge is 2.12. The molecule has 0 atom stereocenters. The van der Waals surface area contributed by atoms with E-state index in [1.54, 1.807) is 18.2 Å². The molecule has 0 spiro atoms. The third-order valence-electron chi connectivity index (χ3n) is 3.67. The summed E-state index contributed by atoms with van der Waals surface area (Å²) in [5, 5.41) is 10.0. The van der Waals surface area contributed by atoms with Gasteiger partial charge in [0.15, 0.2) is 5.82 Å². The van der Waals surface area contributed by atoms with Crippen LogP contribution in [-0.4, -0.2) is 26.8 Å². The van der Waals surface area contributed by atoms with E-state index in [0.29, 0.717) is 16.5 Å². The van der Waals surface area contributed by atoms with Crippen LogP contribution in [0.15, 0.2) is 47.6 Å². The van der Waals surface area contributed by atoms with Crippen molar-refractivity contribution in [3.63, 3.8) is 0 Å². The van der Waals surface area contributed by atoms with Crippen LogP contribution in [0.2, 0.25) is 0 Å². The van der Waals surface area contributed by atoms with Crippen LogP contribution < -0.4 is 5.32 Å². The van der Waals surface area contributed by atoms with Gasteiger partial charge in [-0.15, -0.1) is 5.10 Å². The molecule has 0 unspecified atom stereocenters. The number of H-pyrrole nitrogens is 1. The van der Waals surface area contributed by atoms with Crippen LogP contribution in [0.4, 0.5) is 10.1 Å². The average Bonchev–Trinajstić information content (AvgIpc) is 3.06. The summed E-state index contributed by atoms with van der Waals surface area (Å²) in [5.74, 6) is 0.000811. The molecule has 3 aromatic rings. The predicted molar refractivity (Wildman–Crippen MR) is 97.0 cm³/mol. The van der Waals surface area contributed by atoms with E-state index in [9.17, 15) is 9.18 Å². The van der Waals surface area contributed by atoms with Crippen molar-refractivity contribution in [2.75, 3.05) is 11.1 Å². The molecule has 0 aliphatic rings. The van der Waals surface area contributed by atoms with Crippen molar-refractivity contribution in [3.05, 3.63) is 59.4 Å². The summed E-state index contributed by atoms with van der Waals surface area (Å²) < 4.78 is 13.8. The first kappa shape index (κ1) is 17.2. The number of rotatable bonds is 5. The molecule has 1 aromatic heterocycles. The minimum absolute atomic E-state index is 0.139. The van der Waals surface area contributed by atoms with Gasteiger partial charge in [-0.3, -0.25) is 9.89 Å². The number of amides is 1. The maximum Gasteiger partial charge on any atom is 0.234 e. The fraction of sp³-hybridized carbons (Fsp3) is 0.167. The average molecular weight is 356 g/mol. The van der Waals surface area contributed by atoms with E-state index in [1.165, 1.54) is 17.8 Å². The number of halogens is 1. The maximum absolute atomic E-state index is 13.8. The molecule has 25 heavy (non-hydrogen) atoms. The molecule has 0 radical (unpaired) electrons. The van der Waals surface area contributed by atoms with Crippen molar-refractivity contribution in [3.8, 4) is 11.4 Å². The highest BCUT2D eigenvalue weighted by molar-refractivity contribution is 7.99. The Balaban J connectivity index is 1.63. The Morgan fingerprint density at radius 2 is 1.88 bits per heavy atom. The molecule has 0 saturated carbocycles. The second kappa shape index (κ2) is 7.48. The lowest BCUT2D eigenvalue weighted by Gasteiger charge is -2.10. The summed E-state index contributed by atoms with van der Waals surface area (Å²) in [6.45, 7) is 3.90. The Labute approximate surface area is 149 Å². The first-order chi connectivity index (χ1) is 12.0. The minimum Gasteiger partial charge on any atom is -0.325 e. The van der Waals surface area contributed by atoms with Crippen molar-refractivity contribution in [1.29, 1.82) is 0 Å². The number of benzene rings is 2. The van der Waals surface area contributed by atoms with Gasteiger partial charge in [0.25, 0.3) is 0 Å². The summed E-state index contributed by atoms with van der Waals surface area (Å²) in [6, 6.07) is 12.2. The van der Waals surface area contributed by atoms with Gasteiger partial charge in [0.05, 0.1) is 11.3 Å². The van der Waals surface area contributed by atoms with Crippen LogP contribution in [0, 0.1) is 19.7 Å². The first-order valence-corrected chi connectivity index (χ1v) is 8.69. The Kier molecular flexibility index (Phi) is 5.14. The molecule has 128 valence electrons. The highest BCUT2D eigenvalue weighted by atomic mass is 32.2. The van der Waals surface area contributed by atoms with Gasteiger partial charge >= 0.3 is 0 Å². The maximum atomic E-state index is 13.8. The molecule has 7 heteroatoms. The number of hydrogen-bond acceptors (Lipinski definition) is 4. The van der Waals surface area contributed by atoms with E-state index >= 15 is 0 Å². The largest absolute Gasteiger partial charge is 0.325 e. The molecule has 3 rings (SSSR count). The zero-order valence-electron chi connectivity index (χ0n) is 13.8. The smallest absolute Gasteiger partial charge is 0.234 e. The van der Waals surface area contributed by atoms with Gasteiger partial charge in [-0.1, -0.05) is 42.1 Å². The van der Waals surface area contributed by atoms with Crippen molar-refractivity contribution in [2.45, 2.75) is 19.0 Å². The topological polar surface area (TPSA) is 70.7 Å². The molecule has 0 aliphatic carbocycles. The van der Waals surface area contributed by atoms with Crippen molar-refractivity contribution >= 4 is 23.4 Å². The molecular weight excluding hydrogens is 339 g/mol. The van der Waals surface area contributed by atoms with Gasteiger partial charge in [-0.05, 0) is 37.1 Å². The van der Waals surface area contributed by atoms with Crippen LogP contribution in [0.1, 0.15) is 11.1 Å². The Bertz CT molecular complexity index is 889. The van der Waals surface area contributed by atoms with E-state index in [4.69, 9.17) is 0 Å². The van der Waals surface area contributed by atoms with E-state index < -0.39 is 0 Å². The van der Waals surface area contributed by atoms with E-state index in [-0.39, 0.29) is 17.5 Å². The second-order valence-corrected chi connectivity index (χ2v) is 6.49. The molecule has 2 N–H and O–H groups in total. The molecule has 0 bridgehead atoms. The number of para-hydroxylation sites is 1. The number of anilines is 1. The van der Waals surface area contributed by atoms with Crippen LogP contribution in [0.5, 0.6) is 0 Å². The van der Waals surface area contributed by atoms with Crippen LogP contribution in [-0.2, 0) is 4.79 Å². The van der Waals surface area contributed by atoms with Crippen LogP contribution in [0.25, 0.3) is 11.4 Å². The van der Waals surface area contributed by atoms with Crippen LogP contribution in [0.3, 0.4) is 0 Å². The number of aromatic amines is 1. The molecular formula is C18H17FN4OS. The normalized spacial score (nSPS) is 10.7. The number of aromatic nitrogens is 3. The number of aryl methyl sites for hydroxylation is 2. The lowest BCUT2D eigenvalue weighted by Crippen LogP contribution is -2.15. The number of carbonyl (C=O) groups is 1. The summed E-state index contributed by atoms with van der Waals surface area (Å²) >= 11 is 1.19. The third-order valence-corrected chi connectivity index (χ3v) is 4.52. The third kappa shape index (κ3) is 4.06. The summed E-state index contributed by atoms with van der Waals surface area (Å²) in [5.41, 5.74) is 3.20. The van der Waals surface area contributed by atoms with Crippen molar-refractivity contribution in [2.24, 2.45) is 0 Å². The molecule has 0 aliphatic heterocycles. The highest BCUT2D eigenvalue weighted by Crippen LogP contribution is 2.23. The van der Waals surface area contributed by atoms with Crippen molar-refractivity contribution < 1.29 is 9.18 Å². The van der Waals surface area contributed by atoms with Gasteiger partial charge in [-0.2, -0.15) is 0 Å². The number of nitrogens with one attached hydrogen (secondary N) is 2. The summed E-state index contributed by atoms with van der Waals surface area (Å²) in [7, 11) is 0. The standard InChI is InChI=1S/C18H17FN4OS/c1-11-6-5-7-12(2)16(11)20-15(24)10-25-18-21-17(22-23-18)13-8-3-4-9-14(13)19/h3-9H,10H2,1-2H3,(H,20,24)(H,21,22,23). The number of nitrogens with zero attached hydrogens (tertiary/aromatic N) is 2. The lowest BCUT2D eigenvalue weighted by molar-refractivity contribution is -0.113. The number of thioether (sulfide) groups is 1. The fourth-order valence-electron chi connectivity index (χ4n) is 2.40. The fourth-order valence-corrected chi connectivity index (χ4v) is 3.00. The molecule has 1 heterocycles.